The lowest BCUT2D eigenvalue weighted by Gasteiger charge is -2.31. The molecule has 31 heavy (non-hydrogen) atoms. The molecule has 1 aliphatic heterocycles. The number of hydrogen-bond acceptors (Lipinski definition) is 6. The van der Waals surface area contributed by atoms with Crippen LogP contribution >= 0.6 is 0 Å². The van der Waals surface area contributed by atoms with Crippen molar-refractivity contribution in [2.75, 3.05) is 20.2 Å². The van der Waals surface area contributed by atoms with Crippen molar-refractivity contribution in [2.24, 2.45) is 5.92 Å². The monoisotopic (exact) mass is 424 g/mol. The van der Waals surface area contributed by atoms with Gasteiger partial charge >= 0.3 is 0 Å². The maximum Gasteiger partial charge on any atom is 0.246 e. The van der Waals surface area contributed by atoms with Crippen LogP contribution in [0, 0.1) is 11.7 Å². The molecule has 0 spiro atoms. The highest BCUT2D eigenvalue weighted by atomic mass is 19.1. The third-order valence-corrected chi connectivity index (χ3v) is 5.43. The molecule has 1 fully saturated rings. The van der Waals surface area contributed by atoms with Crippen molar-refractivity contribution in [3.05, 3.63) is 65.8 Å². The van der Waals surface area contributed by atoms with Gasteiger partial charge in [-0.25, -0.2) is 4.39 Å². The molecule has 2 heterocycles. The van der Waals surface area contributed by atoms with Gasteiger partial charge in [0.1, 0.15) is 11.6 Å². The van der Waals surface area contributed by atoms with E-state index in [-0.39, 0.29) is 24.2 Å². The Hall–Kier alpha value is -3.26. The molecule has 0 aliphatic carbocycles. The zero-order chi connectivity index (χ0) is 21.6. The molecule has 1 saturated heterocycles. The number of amides is 1. The number of rotatable bonds is 7. The Morgan fingerprint density at radius 2 is 2.00 bits per heavy atom. The average Bonchev–Trinajstić information content (AvgIpc) is 3.28. The number of aromatic nitrogens is 2. The molecule has 0 unspecified atom stereocenters. The number of methoxy groups -OCH3 is 1. The molecule has 4 rings (SSSR count). The van der Waals surface area contributed by atoms with Gasteiger partial charge in [0.15, 0.2) is 0 Å². The van der Waals surface area contributed by atoms with Crippen molar-refractivity contribution < 1.29 is 18.4 Å². The molecule has 0 saturated carbocycles. The molecule has 0 bridgehead atoms. The number of nitrogens with zero attached hydrogens (tertiary/aromatic N) is 3. The summed E-state index contributed by atoms with van der Waals surface area (Å²) in [5.41, 5.74) is 1.85. The minimum absolute atomic E-state index is 0.0204. The minimum Gasteiger partial charge on any atom is -0.497 e. The lowest BCUT2D eigenvalue weighted by Crippen LogP contribution is -2.42. The van der Waals surface area contributed by atoms with Crippen LogP contribution in [0.3, 0.4) is 0 Å². The maximum atomic E-state index is 13.1. The van der Waals surface area contributed by atoms with Gasteiger partial charge in [0.25, 0.3) is 0 Å². The summed E-state index contributed by atoms with van der Waals surface area (Å²) in [4.78, 5) is 19.3. The highest BCUT2D eigenvalue weighted by Crippen LogP contribution is 2.21. The first kappa shape index (κ1) is 21.0. The van der Waals surface area contributed by atoms with Gasteiger partial charge in [-0.1, -0.05) is 17.3 Å². The largest absolute Gasteiger partial charge is 0.497 e. The van der Waals surface area contributed by atoms with Gasteiger partial charge in [0.2, 0.25) is 17.6 Å². The Morgan fingerprint density at radius 1 is 1.23 bits per heavy atom. The first-order chi connectivity index (χ1) is 15.1. The zero-order valence-corrected chi connectivity index (χ0v) is 17.4. The Kier molecular flexibility index (Phi) is 6.57. The van der Waals surface area contributed by atoms with E-state index in [1.165, 1.54) is 12.1 Å². The van der Waals surface area contributed by atoms with Crippen molar-refractivity contribution in [1.82, 2.24) is 20.4 Å². The zero-order valence-electron chi connectivity index (χ0n) is 17.4. The lowest BCUT2D eigenvalue weighted by molar-refractivity contribution is -0.127. The first-order valence-corrected chi connectivity index (χ1v) is 10.3. The number of ether oxygens (including phenoxy) is 1. The fourth-order valence-corrected chi connectivity index (χ4v) is 3.75. The van der Waals surface area contributed by atoms with Gasteiger partial charge in [-0.2, -0.15) is 4.98 Å². The van der Waals surface area contributed by atoms with Crippen LogP contribution in [0.15, 0.2) is 53.1 Å². The maximum absolute atomic E-state index is 13.1. The number of carbonyl (C=O) groups excluding carboxylic acids is 1. The average molecular weight is 424 g/mol. The summed E-state index contributed by atoms with van der Waals surface area (Å²) in [5.74, 6) is 1.22. The summed E-state index contributed by atoms with van der Waals surface area (Å²) in [6.07, 6.45) is 1.79. The molecule has 3 aromatic rings. The molecule has 0 radical (unpaired) electrons. The Morgan fingerprint density at radius 3 is 2.74 bits per heavy atom. The van der Waals surface area contributed by atoms with E-state index < -0.39 is 0 Å². The molecule has 7 nitrogen and oxygen atoms in total. The number of likely N-dealkylation sites (tertiary alicyclic amines) is 1. The fraction of sp³-hybridized carbons (Fsp3) is 0.348. The van der Waals surface area contributed by atoms with E-state index in [4.69, 9.17) is 9.26 Å². The number of nitrogens with one attached hydrogen (secondary N) is 1. The van der Waals surface area contributed by atoms with Crippen LogP contribution in [0.2, 0.25) is 0 Å². The second kappa shape index (κ2) is 9.70. The Bertz CT molecular complexity index is 1000. The Balaban J connectivity index is 1.29. The van der Waals surface area contributed by atoms with Crippen molar-refractivity contribution in [2.45, 2.75) is 25.9 Å². The summed E-state index contributed by atoms with van der Waals surface area (Å²) >= 11 is 0. The lowest BCUT2D eigenvalue weighted by atomic mass is 9.96. The molecule has 1 N–H and O–H groups in total. The third kappa shape index (κ3) is 5.46. The molecule has 1 atom stereocenters. The molecular formula is C23H25FN4O3. The van der Waals surface area contributed by atoms with Gasteiger partial charge in [-0.05, 0) is 61.3 Å². The first-order valence-electron chi connectivity index (χ1n) is 10.3. The SMILES string of the molecule is COc1ccc(-c2noc(CNC(=O)[C@H]3CCCN(Cc4ccc(F)cc4)C3)n2)cc1. The van der Waals surface area contributed by atoms with E-state index >= 15 is 0 Å². The van der Waals surface area contributed by atoms with E-state index in [1.807, 2.05) is 24.3 Å². The minimum atomic E-state index is -0.240. The standard InChI is InChI=1S/C23H25FN4O3/c1-30-20-10-6-17(7-11-20)22-26-21(31-27-22)13-25-23(29)18-3-2-12-28(15-18)14-16-4-8-19(24)9-5-16/h4-11,18H,2-3,12-15H2,1H3,(H,25,29)/t18-/m0/s1. The van der Waals surface area contributed by atoms with E-state index in [0.717, 1.165) is 36.3 Å². The van der Waals surface area contributed by atoms with E-state index in [0.29, 0.717) is 24.8 Å². The van der Waals surface area contributed by atoms with Crippen LogP contribution in [0.4, 0.5) is 4.39 Å². The summed E-state index contributed by atoms with van der Waals surface area (Å²) < 4.78 is 23.5. The topological polar surface area (TPSA) is 80.5 Å². The number of piperidine rings is 1. The van der Waals surface area contributed by atoms with E-state index in [9.17, 15) is 9.18 Å². The normalized spacial score (nSPS) is 16.8. The van der Waals surface area contributed by atoms with Crippen LogP contribution in [-0.2, 0) is 17.9 Å². The summed E-state index contributed by atoms with van der Waals surface area (Å²) in [5, 5.41) is 6.90. The van der Waals surface area contributed by atoms with Crippen molar-refractivity contribution in [3.63, 3.8) is 0 Å². The number of halogens is 1. The number of benzene rings is 2. The van der Waals surface area contributed by atoms with Crippen molar-refractivity contribution >= 4 is 5.91 Å². The van der Waals surface area contributed by atoms with Crippen LogP contribution in [0.1, 0.15) is 24.3 Å². The van der Waals surface area contributed by atoms with Crippen LogP contribution < -0.4 is 10.1 Å². The molecular weight excluding hydrogens is 399 g/mol. The van der Waals surface area contributed by atoms with Crippen LogP contribution in [0.25, 0.3) is 11.4 Å². The van der Waals surface area contributed by atoms with E-state index in [1.54, 1.807) is 19.2 Å². The quantitative estimate of drug-likeness (QED) is 0.626. The Labute approximate surface area is 180 Å². The third-order valence-electron chi connectivity index (χ3n) is 5.43. The predicted octanol–water partition coefficient (Wildman–Crippen LogP) is 3.41. The molecule has 162 valence electrons. The van der Waals surface area contributed by atoms with Gasteiger partial charge in [0, 0.05) is 18.7 Å². The highest BCUT2D eigenvalue weighted by molar-refractivity contribution is 5.78. The van der Waals surface area contributed by atoms with Crippen molar-refractivity contribution in [3.8, 4) is 17.1 Å². The highest BCUT2D eigenvalue weighted by Gasteiger charge is 2.26. The van der Waals surface area contributed by atoms with Gasteiger partial charge < -0.3 is 14.6 Å². The van der Waals surface area contributed by atoms with Crippen molar-refractivity contribution in [1.29, 1.82) is 0 Å². The molecule has 1 aromatic heterocycles. The van der Waals surface area contributed by atoms with Gasteiger partial charge in [-0.3, -0.25) is 9.69 Å². The van der Waals surface area contributed by atoms with Gasteiger partial charge in [-0.15, -0.1) is 0 Å². The van der Waals surface area contributed by atoms with E-state index in [2.05, 4.69) is 20.4 Å². The number of carbonyl (C=O) groups is 1. The van der Waals surface area contributed by atoms with Crippen LogP contribution in [-0.4, -0.2) is 41.1 Å². The summed E-state index contributed by atoms with van der Waals surface area (Å²) in [7, 11) is 1.61. The smallest absolute Gasteiger partial charge is 0.246 e. The molecule has 2 aromatic carbocycles. The molecule has 1 amide bonds. The number of hydrogen-bond donors (Lipinski definition) is 1. The second-order valence-electron chi connectivity index (χ2n) is 7.66. The van der Waals surface area contributed by atoms with Gasteiger partial charge in [0.05, 0.1) is 19.6 Å². The predicted molar refractivity (Wildman–Crippen MR) is 113 cm³/mol. The fourth-order valence-electron chi connectivity index (χ4n) is 3.75. The molecule has 8 heteroatoms. The second-order valence-corrected chi connectivity index (χ2v) is 7.66. The summed E-state index contributed by atoms with van der Waals surface area (Å²) in [6.45, 7) is 2.50. The summed E-state index contributed by atoms with van der Waals surface area (Å²) in [6, 6.07) is 13.9. The molecule has 1 aliphatic rings. The van der Waals surface area contributed by atoms with Crippen LogP contribution in [0.5, 0.6) is 5.75 Å².